The summed E-state index contributed by atoms with van der Waals surface area (Å²) in [6.07, 6.45) is 4.16. The Hall–Kier alpha value is -1.89. The first kappa shape index (κ1) is 15.5. The maximum atomic E-state index is 11.0. The number of nitrogens with one attached hydrogen (secondary N) is 2. The summed E-state index contributed by atoms with van der Waals surface area (Å²) in [5, 5.41) is 27.2. The third-order valence-corrected chi connectivity index (χ3v) is 3.64. The zero-order valence-electron chi connectivity index (χ0n) is 12.2. The normalized spacial score (nSPS) is 21.8. The van der Waals surface area contributed by atoms with Crippen LogP contribution in [0.3, 0.4) is 0 Å². The van der Waals surface area contributed by atoms with Gasteiger partial charge in [-0.05, 0) is 19.3 Å². The van der Waals surface area contributed by atoms with E-state index in [1.54, 1.807) is 0 Å². The zero-order chi connectivity index (χ0) is 15.2. The van der Waals surface area contributed by atoms with Crippen molar-refractivity contribution in [2.75, 3.05) is 17.2 Å². The van der Waals surface area contributed by atoms with Crippen LogP contribution in [-0.2, 0) is 0 Å². The summed E-state index contributed by atoms with van der Waals surface area (Å²) in [5.41, 5.74) is -0.00333. The van der Waals surface area contributed by atoms with Crippen molar-refractivity contribution in [1.82, 2.24) is 4.98 Å². The van der Waals surface area contributed by atoms with E-state index in [2.05, 4.69) is 15.6 Å². The van der Waals surface area contributed by atoms with Crippen LogP contribution in [0.15, 0.2) is 12.1 Å². The van der Waals surface area contributed by atoms with Crippen molar-refractivity contribution < 1.29 is 10.0 Å². The maximum Gasteiger partial charge on any atom is 0.276 e. The van der Waals surface area contributed by atoms with Crippen molar-refractivity contribution >= 4 is 17.3 Å². The number of rotatable bonds is 6. The highest BCUT2D eigenvalue weighted by Crippen LogP contribution is 2.25. The molecule has 0 amide bonds. The SMILES string of the molecule is CCCNc1cc([N+](=O)[O-])cc(NC2CCCCC2O)n1. The van der Waals surface area contributed by atoms with E-state index in [1.807, 2.05) is 6.92 Å². The molecule has 1 saturated carbocycles. The molecule has 1 heterocycles. The van der Waals surface area contributed by atoms with Crippen molar-refractivity contribution in [3.05, 3.63) is 22.2 Å². The second-order valence-corrected chi connectivity index (χ2v) is 5.38. The minimum absolute atomic E-state index is 0.00333. The quantitative estimate of drug-likeness (QED) is 0.550. The molecule has 116 valence electrons. The van der Waals surface area contributed by atoms with Gasteiger partial charge < -0.3 is 15.7 Å². The Kier molecular flexibility index (Phi) is 5.32. The average molecular weight is 294 g/mol. The number of hydrogen-bond donors (Lipinski definition) is 3. The summed E-state index contributed by atoms with van der Waals surface area (Å²) in [7, 11) is 0. The highest BCUT2D eigenvalue weighted by Gasteiger charge is 2.24. The molecule has 7 heteroatoms. The summed E-state index contributed by atoms with van der Waals surface area (Å²) in [4.78, 5) is 14.9. The first-order valence-electron chi connectivity index (χ1n) is 7.45. The van der Waals surface area contributed by atoms with E-state index >= 15 is 0 Å². The zero-order valence-corrected chi connectivity index (χ0v) is 12.2. The van der Waals surface area contributed by atoms with Gasteiger partial charge in [-0.25, -0.2) is 4.98 Å². The predicted molar refractivity (Wildman–Crippen MR) is 81.6 cm³/mol. The first-order chi connectivity index (χ1) is 10.1. The standard InChI is InChI=1S/C14H22N4O3/c1-2-7-15-13-8-10(18(20)21)9-14(17-13)16-11-5-3-4-6-12(11)19/h8-9,11-12,19H,2-7H2,1H3,(H2,15,16,17). The summed E-state index contributed by atoms with van der Waals surface area (Å²) >= 11 is 0. The minimum Gasteiger partial charge on any atom is -0.391 e. The van der Waals surface area contributed by atoms with E-state index in [9.17, 15) is 15.2 Å². The number of aromatic nitrogens is 1. The van der Waals surface area contributed by atoms with E-state index in [0.29, 0.717) is 18.2 Å². The highest BCUT2D eigenvalue weighted by atomic mass is 16.6. The van der Waals surface area contributed by atoms with Gasteiger partial charge in [0.05, 0.1) is 29.2 Å². The second-order valence-electron chi connectivity index (χ2n) is 5.38. The van der Waals surface area contributed by atoms with Crippen LogP contribution in [0.5, 0.6) is 0 Å². The van der Waals surface area contributed by atoms with Gasteiger partial charge in [-0.2, -0.15) is 0 Å². The lowest BCUT2D eigenvalue weighted by atomic mass is 9.92. The number of pyridine rings is 1. The van der Waals surface area contributed by atoms with Crippen LogP contribution < -0.4 is 10.6 Å². The Labute approximate surface area is 123 Å². The lowest BCUT2D eigenvalue weighted by Gasteiger charge is -2.28. The fraction of sp³-hybridized carbons (Fsp3) is 0.643. The van der Waals surface area contributed by atoms with Crippen molar-refractivity contribution in [1.29, 1.82) is 0 Å². The number of nitro groups is 1. The van der Waals surface area contributed by atoms with Crippen LogP contribution in [0.25, 0.3) is 0 Å². The molecule has 0 saturated heterocycles. The summed E-state index contributed by atoms with van der Waals surface area (Å²) in [6.45, 7) is 2.72. The third-order valence-electron chi connectivity index (χ3n) is 3.64. The molecule has 3 N–H and O–H groups in total. The molecule has 21 heavy (non-hydrogen) atoms. The molecule has 1 aliphatic rings. The van der Waals surface area contributed by atoms with Crippen LogP contribution in [0.1, 0.15) is 39.0 Å². The van der Waals surface area contributed by atoms with Gasteiger partial charge >= 0.3 is 0 Å². The van der Waals surface area contributed by atoms with Gasteiger partial charge in [0.25, 0.3) is 5.69 Å². The Morgan fingerprint density at radius 2 is 2.10 bits per heavy atom. The lowest BCUT2D eigenvalue weighted by Crippen LogP contribution is -2.36. The van der Waals surface area contributed by atoms with Gasteiger partial charge in [0.15, 0.2) is 0 Å². The van der Waals surface area contributed by atoms with Gasteiger partial charge in [-0.15, -0.1) is 0 Å². The Morgan fingerprint density at radius 1 is 1.38 bits per heavy atom. The van der Waals surface area contributed by atoms with Crippen LogP contribution >= 0.6 is 0 Å². The summed E-state index contributed by atoms with van der Waals surface area (Å²) < 4.78 is 0. The summed E-state index contributed by atoms with van der Waals surface area (Å²) in [6, 6.07) is 2.75. The van der Waals surface area contributed by atoms with Crippen molar-refractivity contribution in [2.24, 2.45) is 0 Å². The summed E-state index contributed by atoms with van der Waals surface area (Å²) in [5.74, 6) is 0.924. The van der Waals surface area contributed by atoms with Crippen molar-refractivity contribution in [3.63, 3.8) is 0 Å². The molecule has 1 aliphatic carbocycles. The highest BCUT2D eigenvalue weighted by molar-refractivity contribution is 5.55. The smallest absolute Gasteiger partial charge is 0.276 e. The minimum atomic E-state index is -0.429. The molecule has 2 atom stereocenters. The van der Waals surface area contributed by atoms with E-state index in [4.69, 9.17) is 0 Å². The van der Waals surface area contributed by atoms with E-state index in [-0.39, 0.29) is 11.7 Å². The van der Waals surface area contributed by atoms with E-state index in [0.717, 1.165) is 32.1 Å². The van der Waals surface area contributed by atoms with Gasteiger partial charge in [-0.1, -0.05) is 19.8 Å². The third kappa shape index (κ3) is 4.29. The molecule has 7 nitrogen and oxygen atoms in total. The maximum absolute atomic E-state index is 11.0. The first-order valence-corrected chi connectivity index (χ1v) is 7.45. The van der Waals surface area contributed by atoms with Gasteiger partial charge in [-0.3, -0.25) is 10.1 Å². The van der Waals surface area contributed by atoms with Gasteiger partial charge in [0.2, 0.25) is 0 Å². The molecule has 0 aliphatic heterocycles. The fourth-order valence-corrected chi connectivity index (χ4v) is 2.51. The largest absolute Gasteiger partial charge is 0.391 e. The number of aliphatic hydroxyl groups is 1. The molecule has 1 aromatic rings. The van der Waals surface area contributed by atoms with Crippen LogP contribution in [0.4, 0.5) is 17.3 Å². The molecular weight excluding hydrogens is 272 g/mol. The average Bonchev–Trinajstić information content (AvgIpc) is 2.47. The van der Waals surface area contributed by atoms with Crippen LogP contribution in [0, 0.1) is 10.1 Å². The van der Waals surface area contributed by atoms with Crippen molar-refractivity contribution in [3.8, 4) is 0 Å². The Bertz CT molecular complexity index is 495. The Balaban J connectivity index is 2.16. The van der Waals surface area contributed by atoms with E-state index < -0.39 is 11.0 Å². The molecule has 2 rings (SSSR count). The molecule has 0 radical (unpaired) electrons. The van der Waals surface area contributed by atoms with Crippen LogP contribution in [-0.4, -0.2) is 33.7 Å². The van der Waals surface area contributed by atoms with Crippen molar-refractivity contribution in [2.45, 2.75) is 51.2 Å². The van der Waals surface area contributed by atoms with Crippen LogP contribution in [0.2, 0.25) is 0 Å². The molecule has 1 fully saturated rings. The molecule has 0 aromatic carbocycles. The molecule has 0 bridgehead atoms. The molecular formula is C14H22N4O3. The molecule has 2 unspecified atom stereocenters. The number of hydrogen-bond acceptors (Lipinski definition) is 6. The number of aliphatic hydroxyl groups excluding tert-OH is 1. The number of nitrogens with zero attached hydrogens (tertiary/aromatic N) is 2. The second kappa shape index (κ2) is 7.21. The Morgan fingerprint density at radius 3 is 2.76 bits per heavy atom. The molecule has 0 spiro atoms. The van der Waals surface area contributed by atoms with E-state index in [1.165, 1.54) is 12.1 Å². The van der Waals surface area contributed by atoms with Gasteiger partial charge in [0.1, 0.15) is 11.6 Å². The van der Waals surface area contributed by atoms with Gasteiger partial charge in [0, 0.05) is 6.54 Å². The topological polar surface area (TPSA) is 100 Å². The lowest BCUT2D eigenvalue weighted by molar-refractivity contribution is -0.384. The predicted octanol–water partition coefficient (Wildman–Crippen LogP) is 2.53. The monoisotopic (exact) mass is 294 g/mol. The fourth-order valence-electron chi connectivity index (χ4n) is 2.51. The number of anilines is 2. The molecule has 1 aromatic heterocycles.